The van der Waals surface area contributed by atoms with Gasteiger partial charge in [0.2, 0.25) is 0 Å². The molecular formula is C11H11BrINO3. The summed E-state index contributed by atoms with van der Waals surface area (Å²) in [6.45, 7) is 0.366. The fraction of sp³-hybridized carbons (Fsp3) is 0.364. The molecule has 6 heteroatoms. The van der Waals surface area contributed by atoms with Crippen LogP contribution in [-0.2, 0) is 0 Å². The normalized spacial score (nSPS) is 24.1. The quantitative estimate of drug-likeness (QED) is 0.683. The molecule has 1 aromatic carbocycles. The molecule has 0 aromatic heterocycles. The van der Waals surface area contributed by atoms with E-state index in [0.29, 0.717) is 5.56 Å². The third kappa shape index (κ3) is 2.81. The number of carbonyl (C=O) groups excluding carboxylic acids is 1. The Kier molecular flexibility index (Phi) is 4.06. The van der Waals surface area contributed by atoms with Crippen molar-refractivity contribution in [3.63, 3.8) is 0 Å². The summed E-state index contributed by atoms with van der Waals surface area (Å²) in [5.74, 6) is -0.161. The van der Waals surface area contributed by atoms with Crippen LogP contribution in [0.2, 0.25) is 0 Å². The second-order valence-electron chi connectivity index (χ2n) is 3.97. The van der Waals surface area contributed by atoms with Gasteiger partial charge in [0.15, 0.2) is 0 Å². The molecule has 1 fully saturated rings. The molecule has 0 saturated carbocycles. The Morgan fingerprint density at radius 1 is 1.35 bits per heavy atom. The smallest absolute Gasteiger partial charge is 0.255 e. The number of rotatable bonds is 1. The Hall–Kier alpha value is -0.180. The van der Waals surface area contributed by atoms with Crippen LogP contribution in [-0.4, -0.2) is 46.3 Å². The first-order valence-corrected chi connectivity index (χ1v) is 6.96. The van der Waals surface area contributed by atoms with Crippen molar-refractivity contribution in [1.82, 2.24) is 4.90 Å². The number of likely N-dealkylation sites (tertiary alicyclic amines) is 1. The van der Waals surface area contributed by atoms with E-state index in [1.165, 1.54) is 4.90 Å². The van der Waals surface area contributed by atoms with Crippen LogP contribution in [0.1, 0.15) is 10.4 Å². The van der Waals surface area contributed by atoms with E-state index in [-0.39, 0.29) is 19.0 Å². The van der Waals surface area contributed by atoms with Gasteiger partial charge in [-0.25, -0.2) is 0 Å². The SMILES string of the molecule is O=C(c1cc(Br)ccc1I)N1CC(O)C(O)C1. The highest BCUT2D eigenvalue weighted by atomic mass is 127. The average molecular weight is 412 g/mol. The number of amides is 1. The highest BCUT2D eigenvalue weighted by molar-refractivity contribution is 14.1. The van der Waals surface area contributed by atoms with Crippen molar-refractivity contribution in [1.29, 1.82) is 0 Å². The van der Waals surface area contributed by atoms with Crippen LogP contribution in [0.25, 0.3) is 0 Å². The molecule has 92 valence electrons. The molecule has 1 amide bonds. The zero-order valence-corrected chi connectivity index (χ0v) is 12.6. The van der Waals surface area contributed by atoms with Gasteiger partial charge in [-0.2, -0.15) is 0 Å². The van der Waals surface area contributed by atoms with E-state index < -0.39 is 12.2 Å². The first-order valence-electron chi connectivity index (χ1n) is 5.09. The number of nitrogens with zero attached hydrogens (tertiary/aromatic N) is 1. The zero-order chi connectivity index (χ0) is 12.6. The number of aliphatic hydroxyl groups excluding tert-OH is 2. The van der Waals surface area contributed by atoms with Crippen LogP contribution < -0.4 is 0 Å². The summed E-state index contributed by atoms with van der Waals surface area (Å²) >= 11 is 5.42. The molecule has 0 radical (unpaired) electrons. The molecule has 2 rings (SSSR count). The average Bonchev–Trinajstić information content (AvgIpc) is 2.62. The Balaban J connectivity index is 2.23. The molecule has 0 spiro atoms. The van der Waals surface area contributed by atoms with E-state index >= 15 is 0 Å². The lowest BCUT2D eigenvalue weighted by Crippen LogP contribution is -2.30. The van der Waals surface area contributed by atoms with Gasteiger partial charge >= 0.3 is 0 Å². The second-order valence-corrected chi connectivity index (χ2v) is 6.05. The molecule has 1 saturated heterocycles. The summed E-state index contributed by atoms with van der Waals surface area (Å²) in [6, 6.07) is 5.47. The van der Waals surface area contributed by atoms with Crippen LogP contribution >= 0.6 is 38.5 Å². The van der Waals surface area contributed by atoms with E-state index in [9.17, 15) is 15.0 Å². The Labute approximate surface area is 121 Å². The van der Waals surface area contributed by atoms with Gasteiger partial charge in [-0.1, -0.05) is 15.9 Å². The third-order valence-electron chi connectivity index (χ3n) is 2.71. The number of aliphatic hydroxyl groups is 2. The van der Waals surface area contributed by atoms with Gasteiger partial charge in [-0.05, 0) is 40.8 Å². The largest absolute Gasteiger partial charge is 0.388 e. The van der Waals surface area contributed by atoms with E-state index in [1.807, 2.05) is 12.1 Å². The molecular weight excluding hydrogens is 401 g/mol. The highest BCUT2D eigenvalue weighted by Crippen LogP contribution is 2.22. The number of β-amino-alcohol motifs (C(OH)–C–C–N with tert-alkyl or cyclic N) is 2. The van der Waals surface area contributed by atoms with Crippen molar-refractivity contribution < 1.29 is 15.0 Å². The molecule has 2 unspecified atom stereocenters. The van der Waals surface area contributed by atoms with Crippen molar-refractivity contribution in [3.8, 4) is 0 Å². The van der Waals surface area contributed by atoms with Gasteiger partial charge in [0, 0.05) is 21.1 Å². The minimum absolute atomic E-state index is 0.161. The van der Waals surface area contributed by atoms with Crippen LogP contribution in [0.5, 0.6) is 0 Å². The molecule has 4 nitrogen and oxygen atoms in total. The molecule has 2 atom stereocenters. The van der Waals surface area contributed by atoms with Crippen LogP contribution in [0.15, 0.2) is 22.7 Å². The lowest BCUT2D eigenvalue weighted by molar-refractivity contribution is 0.0572. The van der Waals surface area contributed by atoms with Gasteiger partial charge < -0.3 is 15.1 Å². The number of benzene rings is 1. The molecule has 17 heavy (non-hydrogen) atoms. The maximum absolute atomic E-state index is 12.2. The van der Waals surface area contributed by atoms with Crippen LogP contribution in [0, 0.1) is 3.57 Å². The standard InChI is InChI=1S/C11H11BrINO3/c12-6-1-2-8(13)7(3-6)11(17)14-4-9(15)10(16)5-14/h1-3,9-10,15-16H,4-5H2. The van der Waals surface area contributed by atoms with E-state index in [2.05, 4.69) is 38.5 Å². The molecule has 1 aliphatic rings. The summed E-state index contributed by atoms with van der Waals surface area (Å²) in [5, 5.41) is 18.9. The lowest BCUT2D eigenvalue weighted by Gasteiger charge is -2.16. The predicted molar refractivity (Wildman–Crippen MR) is 74.8 cm³/mol. The van der Waals surface area contributed by atoms with Crippen molar-refractivity contribution in [2.75, 3.05) is 13.1 Å². The summed E-state index contributed by atoms with van der Waals surface area (Å²) in [5.41, 5.74) is 0.585. The Morgan fingerprint density at radius 3 is 2.53 bits per heavy atom. The molecule has 1 heterocycles. The topological polar surface area (TPSA) is 60.8 Å². The van der Waals surface area contributed by atoms with E-state index in [0.717, 1.165) is 8.04 Å². The maximum Gasteiger partial charge on any atom is 0.255 e. The minimum Gasteiger partial charge on any atom is -0.388 e. The summed E-state index contributed by atoms with van der Waals surface area (Å²) in [6.07, 6.45) is -1.69. The zero-order valence-electron chi connectivity index (χ0n) is 8.81. The first-order chi connectivity index (χ1) is 7.99. The van der Waals surface area contributed by atoms with Gasteiger partial charge in [-0.3, -0.25) is 4.79 Å². The fourth-order valence-corrected chi connectivity index (χ4v) is 2.69. The van der Waals surface area contributed by atoms with Crippen molar-refractivity contribution in [2.45, 2.75) is 12.2 Å². The van der Waals surface area contributed by atoms with Gasteiger partial charge in [0.1, 0.15) is 0 Å². The monoisotopic (exact) mass is 411 g/mol. The van der Waals surface area contributed by atoms with Crippen LogP contribution in [0.3, 0.4) is 0 Å². The summed E-state index contributed by atoms with van der Waals surface area (Å²) in [4.78, 5) is 13.7. The highest BCUT2D eigenvalue weighted by Gasteiger charge is 2.33. The third-order valence-corrected chi connectivity index (χ3v) is 4.14. The van der Waals surface area contributed by atoms with Gasteiger partial charge in [-0.15, -0.1) is 0 Å². The van der Waals surface area contributed by atoms with E-state index in [4.69, 9.17) is 0 Å². The summed E-state index contributed by atoms with van der Waals surface area (Å²) < 4.78 is 1.69. The first kappa shape index (κ1) is 13.3. The van der Waals surface area contributed by atoms with E-state index in [1.54, 1.807) is 6.07 Å². The minimum atomic E-state index is -0.844. The molecule has 0 bridgehead atoms. The second kappa shape index (κ2) is 5.21. The van der Waals surface area contributed by atoms with Crippen molar-refractivity contribution in [2.24, 2.45) is 0 Å². The van der Waals surface area contributed by atoms with Crippen molar-refractivity contribution >= 4 is 44.4 Å². The fourth-order valence-electron chi connectivity index (χ4n) is 1.77. The molecule has 1 aromatic rings. The van der Waals surface area contributed by atoms with Crippen LogP contribution in [0.4, 0.5) is 0 Å². The number of halogens is 2. The Bertz CT molecular complexity index is 444. The lowest BCUT2D eigenvalue weighted by atomic mass is 10.2. The Morgan fingerprint density at radius 2 is 1.94 bits per heavy atom. The number of carbonyl (C=O) groups is 1. The molecule has 0 aliphatic carbocycles. The van der Waals surface area contributed by atoms with Gasteiger partial charge in [0.25, 0.3) is 5.91 Å². The van der Waals surface area contributed by atoms with Gasteiger partial charge in [0.05, 0.1) is 17.8 Å². The molecule has 2 N–H and O–H groups in total. The number of hydrogen-bond donors (Lipinski definition) is 2. The maximum atomic E-state index is 12.2. The number of hydrogen-bond acceptors (Lipinski definition) is 3. The summed E-state index contributed by atoms with van der Waals surface area (Å²) in [7, 11) is 0. The molecule has 1 aliphatic heterocycles. The predicted octanol–water partition coefficient (Wildman–Crippen LogP) is 1.23. The van der Waals surface area contributed by atoms with Crippen molar-refractivity contribution in [3.05, 3.63) is 31.8 Å².